The van der Waals surface area contributed by atoms with Crippen LogP contribution in [0, 0.1) is 0 Å². The van der Waals surface area contributed by atoms with Crippen LogP contribution in [-0.4, -0.2) is 47.7 Å². The summed E-state index contributed by atoms with van der Waals surface area (Å²) in [4.78, 5) is 0. The van der Waals surface area contributed by atoms with Crippen LogP contribution in [0.2, 0.25) is 36.3 Å². The molecule has 4 nitrogen and oxygen atoms in total. The van der Waals surface area contributed by atoms with Crippen LogP contribution in [0.5, 0.6) is 0 Å². The minimum atomic E-state index is -1.94. The number of hydrogen-bond acceptors (Lipinski definition) is 4. The van der Waals surface area contributed by atoms with Gasteiger partial charge in [-0.1, -0.05) is 71.9 Å². The molecule has 0 aliphatic carbocycles. The maximum atomic E-state index is 6.79. The lowest BCUT2D eigenvalue weighted by Crippen LogP contribution is -2.47. The molecule has 1 saturated heterocycles. The van der Waals surface area contributed by atoms with Crippen LogP contribution in [0.1, 0.15) is 60.5 Å². The van der Waals surface area contributed by atoms with Gasteiger partial charge in [0.25, 0.3) is 0 Å². The van der Waals surface area contributed by atoms with E-state index in [9.17, 15) is 0 Å². The van der Waals surface area contributed by atoms with Crippen LogP contribution in [0.3, 0.4) is 0 Å². The van der Waals surface area contributed by atoms with Gasteiger partial charge in [0, 0.05) is 12.5 Å². The van der Waals surface area contributed by atoms with Gasteiger partial charge < -0.3 is 18.3 Å². The monoisotopic (exact) mass is 480 g/mol. The molecular weight excluding hydrogens is 432 g/mol. The largest absolute Gasteiger partial charge is 0.414 e. The summed E-state index contributed by atoms with van der Waals surface area (Å²) in [6.07, 6.45) is 1.33. The first kappa shape index (κ1) is 27.7. The topological polar surface area (TPSA) is 40.2 Å². The third kappa shape index (κ3) is 7.78. The zero-order valence-electron chi connectivity index (χ0n) is 22.5. The molecule has 1 heterocycles. The van der Waals surface area contributed by atoms with Crippen LogP contribution in [-0.2, 0) is 24.9 Å². The van der Waals surface area contributed by atoms with E-state index in [1.807, 2.05) is 18.2 Å². The molecule has 1 aromatic carbocycles. The van der Waals surface area contributed by atoms with Crippen molar-refractivity contribution in [2.45, 2.75) is 122 Å². The molecule has 0 unspecified atom stereocenters. The van der Waals surface area contributed by atoms with E-state index in [-0.39, 0.29) is 34.5 Å². The van der Waals surface area contributed by atoms with Crippen molar-refractivity contribution in [3.8, 4) is 0 Å². The van der Waals surface area contributed by atoms with Crippen molar-refractivity contribution in [3.05, 3.63) is 35.9 Å². The molecule has 0 bridgehead atoms. The Morgan fingerprint density at radius 3 is 1.94 bits per heavy atom. The highest BCUT2D eigenvalue weighted by atomic mass is 28.4. The molecule has 0 saturated carbocycles. The molecule has 0 N–H and O–H groups in total. The highest BCUT2D eigenvalue weighted by molar-refractivity contribution is 6.74. The van der Waals surface area contributed by atoms with Crippen molar-refractivity contribution in [1.29, 1.82) is 0 Å². The number of ether oxygens (including phenoxy) is 2. The molecule has 0 radical (unpaired) electrons. The standard InChI is InChI=1S/C26H48O4Si2/c1-20(29-31(8,9)25(2,3)4)17-22-24(28-22)23(30-32(10,11)26(5,6)7)19-27-18-21-15-13-12-14-16-21/h12-16,20,22-24H,17-19H2,1-11H3/t20-,22+,23+,24+/m1/s1. The SMILES string of the molecule is C[C@H](C[C@@H]1O[C@@H]1[C@H](COCc1ccccc1)O[Si](C)(C)C(C)(C)C)O[Si](C)(C)C(C)(C)C. The predicted octanol–water partition coefficient (Wildman–Crippen LogP) is 7.16. The maximum absolute atomic E-state index is 6.79. The second-order valence-corrected chi connectivity index (χ2v) is 22.0. The van der Waals surface area contributed by atoms with Gasteiger partial charge in [-0.3, -0.25) is 0 Å². The Morgan fingerprint density at radius 2 is 1.41 bits per heavy atom. The van der Waals surface area contributed by atoms with Crippen molar-refractivity contribution in [1.82, 2.24) is 0 Å². The number of benzene rings is 1. The molecule has 32 heavy (non-hydrogen) atoms. The predicted molar refractivity (Wildman–Crippen MR) is 139 cm³/mol. The summed E-state index contributed by atoms with van der Waals surface area (Å²) in [7, 11) is -3.72. The summed E-state index contributed by atoms with van der Waals surface area (Å²) in [6, 6.07) is 10.3. The fourth-order valence-corrected chi connectivity index (χ4v) is 6.11. The molecule has 0 aromatic heterocycles. The van der Waals surface area contributed by atoms with E-state index in [1.165, 1.54) is 5.56 Å². The summed E-state index contributed by atoms with van der Waals surface area (Å²) < 4.78 is 25.6. The lowest BCUT2D eigenvalue weighted by atomic mass is 10.1. The first-order chi connectivity index (χ1) is 14.5. The molecule has 1 aliphatic heterocycles. The molecule has 6 heteroatoms. The van der Waals surface area contributed by atoms with E-state index in [1.54, 1.807) is 0 Å². The molecule has 2 rings (SSSR count). The van der Waals surface area contributed by atoms with Crippen molar-refractivity contribution in [3.63, 3.8) is 0 Å². The lowest BCUT2D eigenvalue weighted by molar-refractivity contribution is 0.0210. The summed E-state index contributed by atoms with van der Waals surface area (Å²) >= 11 is 0. The van der Waals surface area contributed by atoms with Crippen molar-refractivity contribution < 1.29 is 18.3 Å². The van der Waals surface area contributed by atoms with Gasteiger partial charge in [-0.05, 0) is 48.8 Å². The number of rotatable bonds is 11. The van der Waals surface area contributed by atoms with Gasteiger partial charge in [0.15, 0.2) is 16.6 Å². The van der Waals surface area contributed by atoms with Gasteiger partial charge in [0.05, 0.1) is 25.4 Å². The first-order valence-electron chi connectivity index (χ1n) is 12.2. The second-order valence-electron chi connectivity index (χ2n) is 12.5. The van der Waals surface area contributed by atoms with Crippen molar-refractivity contribution in [2.24, 2.45) is 0 Å². The van der Waals surface area contributed by atoms with Gasteiger partial charge in [0.1, 0.15) is 6.10 Å². The molecule has 4 atom stereocenters. The average molecular weight is 481 g/mol. The fraction of sp³-hybridized carbons (Fsp3) is 0.769. The lowest BCUT2D eigenvalue weighted by Gasteiger charge is -2.39. The third-order valence-corrected chi connectivity index (χ3v) is 16.6. The molecule has 1 aliphatic rings. The Hall–Kier alpha value is -0.506. The Balaban J connectivity index is 1.98. The minimum Gasteiger partial charge on any atom is -0.414 e. The van der Waals surface area contributed by atoms with Gasteiger partial charge in [-0.2, -0.15) is 0 Å². The molecule has 1 aromatic rings. The third-order valence-electron chi connectivity index (χ3n) is 7.50. The molecule has 1 fully saturated rings. The van der Waals surface area contributed by atoms with Gasteiger partial charge in [0.2, 0.25) is 0 Å². The van der Waals surface area contributed by atoms with Gasteiger partial charge in [-0.15, -0.1) is 0 Å². The van der Waals surface area contributed by atoms with Crippen LogP contribution in [0.4, 0.5) is 0 Å². The van der Waals surface area contributed by atoms with E-state index in [4.69, 9.17) is 18.3 Å². The molecule has 0 spiro atoms. The summed E-state index contributed by atoms with van der Waals surface area (Å²) in [6.45, 7) is 26.3. The zero-order chi connectivity index (χ0) is 24.4. The Kier molecular flexibility index (Phi) is 9.02. The van der Waals surface area contributed by atoms with E-state index in [2.05, 4.69) is 86.8 Å². The summed E-state index contributed by atoms with van der Waals surface area (Å²) in [5.74, 6) is 0. The van der Waals surface area contributed by atoms with Crippen LogP contribution >= 0.6 is 0 Å². The Bertz CT molecular complexity index is 707. The molecule has 0 amide bonds. The molecule has 184 valence electrons. The number of epoxide rings is 1. The van der Waals surface area contributed by atoms with Crippen LogP contribution < -0.4 is 0 Å². The van der Waals surface area contributed by atoms with Crippen molar-refractivity contribution >= 4 is 16.6 Å². The highest BCUT2D eigenvalue weighted by Gasteiger charge is 2.50. The normalized spacial score (nSPS) is 22.0. The summed E-state index contributed by atoms with van der Waals surface area (Å²) in [5, 5.41) is 0.359. The number of hydrogen-bond donors (Lipinski definition) is 0. The second kappa shape index (κ2) is 10.4. The van der Waals surface area contributed by atoms with Crippen LogP contribution in [0.25, 0.3) is 0 Å². The van der Waals surface area contributed by atoms with Crippen molar-refractivity contribution in [2.75, 3.05) is 6.61 Å². The smallest absolute Gasteiger partial charge is 0.192 e. The Labute approximate surface area is 199 Å². The van der Waals surface area contributed by atoms with Crippen LogP contribution in [0.15, 0.2) is 30.3 Å². The maximum Gasteiger partial charge on any atom is 0.192 e. The zero-order valence-corrected chi connectivity index (χ0v) is 24.5. The van der Waals surface area contributed by atoms with E-state index >= 15 is 0 Å². The van der Waals surface area contributed by atoms with Gasteiger partial charge >= 0.3 is 0 Å². The average Bonchev–Trinajstić information content (AvgIpc) is 3.38. The van der Waals surface area contributed by atoms with E-state index < -0.39 is 16.6 Å². The fourth-order valence-electron chi connectivity index (χ4n) is 3.35. The minimum absolute atomic E-state index is 0.0373. The van der Waals surface area contributed by atoms with E-state index in [0.717, 1.165) is 6.42 Å². The highest BCUT2D eigenvalue weighted by Crippen LogP contribution is 2.42. The van der Waals surface area contributed by atoms with E-state index in [0.29, 0.717) is 13.2 Å². The first-order valence-corrected chi connectivity index (χ1v) is 18.0. The van der Waals surface area contributed by atoms with Gasteiger partial charge in [-0.25, -0.2) is 0 Å². The molecular formula is C26H48O4Si2. The quantitative estimate of drug-likeness (QED) is 0.249. The summed E-state index contributed by atoms with van der Waals surface area (Å²) in [5.41, 5.74) is 1.18. The Morgan fingerprint density at radius 1 is 0.875 bits per heavy atom.